The SMILES string of the molecule is C#C[C@]1(O)C(Br)=C(Br)[C@@](O)(C#C)c2cc(C)c(C)cc21. The van der Waals surface area contributed by atoms with Crippen LogP contribution in [-0.2, 0) is 11.2 Å². The van der Waals surface area contributed by atoms with Crippen molar-refractivity contribution in [2.75, 3.05) is 0 Å². The molecule has 0 saturated carbocycles. The van der Waals surface area contributed by atoms with E-state index in [1.807, 2.05) is 13.8 Å². The van der Waals surface area contributed by atoms with E-state index in [-0.39, 0.29) is 8.96 Å². The van der Waals surface area contributed by atoms with Crippen LogP contribution in [0.1, 0.15) is 22.3 Å². The molecule has 0 saturated heterocycles. The predicted octanol–water partition coefficient (Wildman–Crippen LogP) is 2.96. The molecule has 1 aliphatic carbocycles. The van der Waals surface area contributed by atoms with E-state index in [2.05, 4.69) is 43.7 Å². The monoisotopic (exact) mass is 394 g/mol. The lowest BCUT2D eigenvalue weighted by Gasteiger charge is -2.38. The molecule has 0 radical (unpaired) electrons. The van der Waals surface area contributed by atoms with Crippen LogP contribution in [0.4, 0.5) is 0 Å². The summed E-state index contributed by atoms with van der Waals surface area (Å²) in [4.78, 5) is 0. The molecule has 0 spiro atoms. The highest BCUT2D eigenvalue weighted by Gasteiger charge is 2.48. The molecule has 102 valence electrons. The Morgan fingerprint density at radius 3 is 1.45 bits per heavy atom. The second-order valence-electron chi connectivity index (χ2n) is 4.82. The largest absolute Gasteiger partial charge is 0.369 e. The van der Waals surface area contributed by atoms with Crippen LogP contribution in [0.5, 0.6) is 0 Å². The molecule has 4 heteroatoms. The van der Waals surface area contributed by atoms with E-state index in [1.54, 1.807) is 12.1 Å². The third-order valence-corrected chi connectivity index (χ3v) is 6.13. The number of hydrogen-bond donors (Lipinski definition) is 2. The minimum Gasteiger partial charge on any atom is -0.369 e. The summed E-state index contributed by atoms with van der Waals surface area (Å²) in [6, 6.07) is 3.51. The molecule has 0 heterocycles. The number of hydrogen-bond acceptors (Lipinski definition) is 2. The van der Waals surface area contributed by atoms with E-state index in [9.17, 15) is 10.2 Å². The lowest BCUT2D eigenvalue weighted by atomic mass is 9.75. The third-order valence-electron chi connectivity index (χ3n) is 3.66. The number of aliphatic hydroxyl groups is 2. The first kappa shape index (κ1) is 15.4. The molecular formula is C16H12Br2O2. The fourth-order valence-electron chi connectivity index (χ4n) is 2.25. The van der Waals surface area contributed by atoms with Crippen molar-refractivity contribution in [3.05, 3.63) is 43.4 Å². The molecule has 0 aromatic heterocycles. The van der Waals surface area contributed by atoms with Crippen molar-refractivity contribution in [2.24, 2.45) is 0 Å². The molecule has 1 aromatic carbocycles. The second-order valence-corrected chi connectivity index (χ2v) is 6.41. The van der Waals surface area contributed by atoms with Crippen LogP contribution in [0.15, 0.2) is 21.1 Å². The van der Waals surface area contributed by atoms with E-state index in [0.29, 0.717) is 11.1 Å². The highest BCUT2D eigenvalue weighted by atomic mass is 79.9. The van der Waals surface area contributed by atoms with Gasteiger partial charge in [0.05, 0.1) is 8.96 Å². The lowest BCUT2D eigenvalue weighted by Crippen LogP contribution is -2.39. The molecule has 0 aliphatic heterocycles. The Balaban J connectivity index is 2.98. The van der Waals surface area contributed by atoms with Crippen molar-refractivity contribution < 1.29 is 10.2 Å². The van der Waals surface area contributed by atoms with Gasteiger partial charge in [-0.05, 0) is 56.8 Å². The van der Waals surface area contributed by atoms with Crippen LogP contribution < -0.4 is 0 Å². The standard InChI is InChI=1S/C16H12Br2O2/c1-5-15(19)11-7-9(3)10(4)8-12(11)16(20,6-2)14(18)13(15)17/h1-2,7-8,19-20H,3-4H3/t15-,16-/m1/s1. The van der Waals surface area contributed by atoms with Crippen molar-refractivity contribution in [3.63, 3.8) is 0 Å². The molecule has 0 fully saturated rings. The summed E-state index contributed by atoms with van der Waals surface area (Å²) in [6.45, 7) is 3.81. The number of aryl methyl sites for hydroxylation is 2. The fourth-order valence-corrected chi connectivity index (χ4v) is 3.48. The zero-order valence-electron chi connectivity index (χ0n) is 11.0. The van der Waals surface area contributed by atoms with Crippen LogP contribution >= 0.6 is 31.9 Å². The number of fused-ring (bicyclic) bond motifs is 1. The first-order valence-corrected chi connectivity index (χ1v) is 7.39. The molecule has 0 amide bonds. The Labute approximate surface area is 135 Å². The Hall–Kier alpha value is -1.04. The minimum absolute atomic E-state index is 0.240. The minimum atomic E-state index is -1.66. The first-order chi connectivity index (χ1) is 9.22. The fraction of sp³-hybridized carbons (Fsp3) is 0.250. The molecular weight excluding hydrogens is 384 g/mol. The maximum absolute atomic E-state index is 10.8. The number of rotatable bonds is 0. The van der Waals surface area contributed by atoms with Crippen LogP contribution in [-0.4, -0.2) is 10.2 Å². The summed E-state index contributed by atoms with van der Waals surface area (Å²) in [5.74, 6) is 4.73. The van der Waals surface area contributed by atoms with Gasteiger partial charge in [0, 0.05) is 11.1 Å². The summed E-state index contributed by atoms with van der Waals surface area (Å²) < 4.78 is 0.479. The Bertz CT molecular complexity index is 660. The van der Waals surface area contributed by atoms with E-state index < -0.39 is 11.2 Å². The van der Waals surface area contributed by atoms with E-state index in [1.165, 1.54) is 0 Å². The first-order valence-electron chi connectivity index (χ1n) is 5.81. The van der Waals surface area contributed by atoms with Gasteiger partial charge in [-0.2, -0.15) is 0 Å². The average molecular weight is 396 g/mol. The lowest BCUT2D eigenvalue weighted by molar-refractivity contribution is 0.105. The van der Waals surface area contributed by atoms with E-state index in [0.717, 1.165) is 11.1 Å². The van der Waals surface area contributed by atoms with Gasteiger partial charge in [0.1, 0.15) is 0 Å². The molecule has 0 bridgehead atoms. The van der Waals surface area contributed by atoms with Gasteiger partial charge < -0.3 is 10.2 Å². The number of halogens is 2. The van der Waals surface area contributed by atoms with Crippen LogP contribution in [0, 0.1) is 38.5 Å². The molecule has 20 heavy (non-hydrogen) atoms. The normalized spacial score (nSPS) is 28.6. The van der Waals surface area contributed by atoms with Crippen molar-refractivity contribution in [3.8, 4) is 24.7 Å². The smallest absolute Gasteiger partial charge is 0.184 e. The molecule has 2 N–H and O–H groups in total. The maximum atomic E-state index is 10.8. The summed E-state index contributed by atoms with van der Waals surface area (Å²) in [7, 11) is 0. The van der Waals surface area contributed by atoms with Crippen molar-refractivity contribution in [1.29, 1.82) is 0 Å². The van der Waals surface area contributed by atoms with Crippen molar-refractivity contribution in [2.45, 2.75) is 25.0 Å². The molecule has 2 nitrogen and oxygen atoms in total. The molecule has 2 rings (SSSR count). The third kappa shape index (κ3) is 1.80. The number of terminal acetylenes is 2. The Kier molecular flexibility index (Phi) is 3.65. The molecule has 0 unspecified atom stereocenters. The molecule has 1 aromatic rings. The highest BCUT2D eigenvalue weighted by molar-refractivity contribution is 9.14. The quantitative estimate of drug-likeness (QED) is 0.663. The van der Waals surface area contributed by atoms with Gasteiger partial charge in [-0.25, -0.2) is 0 Å². The average Bonchev–Trinajstić information content (AvgIpc) is 2.45. The molecule has 2 atom stereocenters. The number of benzene rings is 1. The maximum Gasteiger partial charge on any atom is 0.184 e. The van der Waals surface area contributed by atoms with Crippen LogP contribution in [0.2, 0.25) is 0 Å². The Morgan fingerprint density at radius 1 is 0.900 bits per heavy atom. The van der Waals surface area contributed by atoms with Gasteiger partial charge >= 0.3 is 0 Å². The second kappa shape index (κ2) is 4.76. The van der Waals surface area contributed by atoms with E-state index >= 15 is 0 Å². The van der Waals surface area contributed by atoms with Gasteiger partial charge in [-0.1, -0.05) is 24.0 Å². The van der Waals surface area contributed by atoms with Crippen LogP contribution in [0.25, 0.3) is 0 Å². The van der Waals surface area contributed by atoms with Gasteiger partial charge in [-0.15, -0.1) is 12.8 Å². The van der Waals surface area contributed by atoms with Crippen molar-refractivity contribution in [1.82, 2.24) is 0 Å². The van der Waals surface area contributed by atoms with Crippen molar-refractivity contribution >= 4 is 31.9 Å². The summed E-state index contributed by atoms with van der Waals surface area (Å²) >= 11 is 6.50. The predicted molar refractivity (Wildman–Crippen MR) is 86.3 cm³/mol. The van der Waals surface area contributed by atoms with Gasteiger partial charge in [0.25, 0.3) is 0 Å². The summed E-state index contributed by atoms with van der Waals surface area (Å²) in [6.07, 6.45) is 11.0. The summed E-state index contributed by atoms with van der Waals surface area (Å²) in [5.41, 5.74) is -0.576. The van der Waals surface area contributed by atoms with Crippen LogP contribution in [0.3, 0.4) is 0 Å². The van der Waals surface area contributed by atoms with Gasteiger partial charge in [0.2, 0.25) is 0 Å². The van der Waals surface area contributed by atoms with Gasteiger partial charge in [0.15, 0.2) is 11.2 Å². The molecule has 1 aliphatic rings. The Morgan fingerprint density at radius 2 is 1.20 bits per heavy atom. The topological polar surface area (TPSA) is 40.5 Å². The van der Waals surface area contributed by atoms with Gasteiger partial charge in [-0.3, -0.25) is 0 Å². The van der Waals surface area contributed by atoms with E-state index in [4.69, 9.17) is 12.8 Å². The zero-order valence-corrected chi connectivity index (χ0v) is 14.1. The zero-order chi connectivity index (χ0) is 15.3. The summed E-state index contributed by atoms with van der Waals surface area (Å²) in [5, 5.41) is 21.5. The highest BCUT2D eigenvalue weighted by Crippen LogP contribution is 2.51.